The Balaban J connectivity index is 1.46. The van der Waals surface area contributed by atoms with Gasteiger partial charge in [0.1, 0.15) is 10.6 Å². The van der Waals surface area contributed by atoms with Crippen molar-refractivity contribution in [2.75, 3.05) is 21.3 Å². The van der Waals surface area contributed by atoms with Crippen LogP contribution in [0.2, 0.25) is 5.02 Å². The van der Waals surface area contributed by atoms with Gasteiger partial charge in [0.2, 0.25) is 11.6 Å². The summed E-state index contributed by atoms with van der Waals surface area (Å²) in [5.41, 5.74) is 1.78. The fourth-order valence-corrected chi connectivity index (χ4v) is 5.55. The second kappa shape index (κ2) is 10.8. The van der Waals surface area contributed by atoms with Gasteiger partial charge in [-0.05, 0) is 42.8 Å². The topological polar surface area (TPSA) is 92.7 Å². The summed E-state index contributed by atoms with van der Waals surface area (Å²) in [6.07, 6.45) is 1.50. The van der Waals surface area contributed by atoms with E-state index in [0.29, 0.717) is 32.7 Å². The third-order valence-electron chi connectivity index (χ3n) is 5.91. The predicted octanol–water partition coefficient (Wildman–Crippen LogP) is 6.45. The van der Waals surface area contributed by atoms with Gasteiger partial charge in [0.15, 0.2) is 17.2 Å². The Bertz CT molecular complexity index is 1660. The van der Waals surface area contributed by atoms with Gasteiger partial charge in [-0.3, -0.25) is 0 Å². The Morgan fingerprint density at radius 3 is 2.38 bits per heavy atom. The van der Waals surface area contributed by atoms with Crippen LogP contribution in [0.25, 0.3) is 16.2 Å². The van der Waals surface area contributed by atoms with Crippen LogP contribution in [-0.4, -0.2) is 39.2 Å². The minimum atomic E-state index is -0.661. The number of nitrogens with zero attached hydrogens (tertiary/aromatic N) is 1. The van der Waals surface area contributed by atoms with E-state index >= 15 is 0 Å². The quantitative estimate of drug-likeness (QED) is 0.145. The summed E-state index contributed by atoms with van der Waals surface area (Å²) in [4.78, 5) is 30.7. The summed E-state index contributed by atoms with van der Waals surface area (Å²) in [5, 5.41) is 1.34. The van der Waals surface area contributed by atoms with Crippen LogP contribution in [0.4, 0.5) is 0 Å². The molecular formula is C29H22ClNO7S. The monoisotopic (exact) mass is 563 g/mol. The van der Waals surface area contributed by atoms with E-state index in [4.69, 9.17) is 35.3 Å². The Labute approximate surface area is 233 Å². The van der Waals surface area contributed by atoms with E-state index < -0.39 is 11.9 Å². The molecule has 0 atom stereocenters. The molecule has 1 aliphatic heterocycles. The molecule has 1 aliphatic rings. The number of benzene rings is 3. The van der Waals surface area contributed by atoms with Crippen LogP contribution in [0, 0.1) is 6.92 Å². The number of cyclic esters (lactones) is 1. The first kappa shape index (κ1) is 26.3. The highest BCUT2D eigenvalue weighted by molar-refractivity contribution is 7.21. The summed E-state index contributed by atoms with van der Waals surface area (Å²) in [6.45, 7) is 1.99. The molecular weight excluding hydrogens is 542 g/mol. The second-order valence-corrected chi connectivity index (χ2v) is 9.85. The lowest BCUT2D eigenvalue weighted by Crippen LogP contribution is -2.10. The van der Waals surface area contributed by atoms with Crippen molar-refractivity contribution in [1.29, 1.82) is 0 Å². The molecule has 0 spiro atoms. The number of hydrogen-bond acceptors (Lipinski definition) is 9. The molecule has 2 heterocycles. The van der Waals surface area contributed by atoms with Crippen LogP contribution >= 0.6 is 22.9 Å². The fourth-order valence-electron chi connectivity index (χ4n) is 4.01. The van der Waals surface area contributed by atoms with Crippen molar-refractivity contribution in [1.82, 2.24) is 0 Å². The highest BCUT2D eigenvalue weighted by Crippen LogP contribution is 2.39. The SMILES string of the molecule is COc1cc(C(=O)Oc2ccccc2/C=C2/N=C(c3sc4cc(C)ccc4c3Cl)OC2=O)cc(OC)c1OC. The number of hydrogen-bond donors (Lipinski definition) is 0. The molecule has 0 saturated heterocycles. The van der Waals surface area contributed by atoms with Crippen molar-refractivity contribution in [3.05, 3.63) is 86.9 Å². The average Bonchev–Trinajstić information content (AvgIpc) is 3.46. The molecule has 5 rings (SSSR count). The first-order valence-electron chi connectivity index (χ1n) is 11.7. The van der Waals surface area contributed by atoms with Gasteiger partial charge in [-0.2, -0.15) is 0 Å². The second-order valence-electron chi connectivity index (χ2n) is 8.42. The minimum Gasteiger partial charge on any atom is -0.493 e. The zero-order valence-electron chi connectivity index (χ0n) is 21.4. The summed E-state index contributed by atoms with van der Waals surface area (Å²) in [5.74, 6) is 0.0160. The molecule has 198 valence electrons. The van der Waals surface area contributed by atoms with Gasteiger partial charge in [0.25, 0.3) is 0 Å². The number of ether oxygens (including phenoxy) is 5. The van der Waals surface area contributed by atoms with E-state index in [2.05, 4.69) is 4.99 Å². The number of aryl methyl sites for hydroxylation is 1. The molecule has 8 nitrogen and oxygen atoms in total. The predicted molar refractivity (Wildman–Crippen MR) is 150 cm³/mol. The maximum atomic E-state index is 13.1. The number of methoxy groups -OCH3 is 3. The third kappa shape index (κ3) is 5.06. The van der Waals surface area contributed by atoms with Crippen molar-refractivity contribution in [2.24, 2.45) is 4.99 Å². The standard InChI is InChI=1S/C29H22ClNO7S/c1-15-9-10-18-23(11-15)39-26(24(18)30)27-31-19(29(33)38-27)12-16-7-5-6-8-20(16)37-28(32)17-13-21(34-2)25(36-4)22(14-17)35-3/h5-14H,1-4H3/b19-12+. The Kier molecular flexibility index (Phi) is 7.28. The highest BCUT2D eigenvalue weighted by atomic mass is 35.5. The number of fused-ring (bicyclic) bond motifs is 1. The third-order valence-corrected chi connectivity index (χ3v) is 7.56. The number of aliphatic imine (C=N–C) groups is 1. The summed E-state index contributed by atoms with van der Waals surface area (Å²) in [7, 11) is 4.38. The smallest absolute Gasteiger partial charge is 0.363 e. The molecule has 0 N–H and O–H groups in total. The van der Waals surface area contributed by atoms with Crippen LogP contribution < -0.4 is 18.9 Å². The van der Waals surface area contributed by atoms with E-state index in [0.717, 1.165) is 15.6 Å². The highest BCUT2D eigenvalue weighted by Gasteiger charge is 2.28. The maximum Gasteiger partial charge on any atom is 0.363 e. The molecule has 0 radical (unpaired) electrons. The molecule has 0 unspecified atom stereocenters. The first-order chi connectivity index (χ1) is 18.8. The lowest BCUT2D eigenvalue weighted by Gasteiger charge is -2.14. The number of carbonyl (C=O) groups excluding carboxylic acids is 2. The molecule has 0 amide bonds. The van der Waals surface area contributed by atoms with E-state index in [1.54, 1.807) is 24.3 Å². The molecule has 1 aromatic heterocycles. The molecule has 0 fully saturated rings. The largest absolute Gasteiger partial charge is 0.493 e. The van der Waals surface area contributed by atoms with E-state index in [-0.39, 0.29) is 22.9 Å². The van der Waals surface area contributed by atoms with Crippen LogP contribution in [-0.2, 0) is 9.53 Å². The number of rotatable bonds is 7. The Hall–Kier alpha value is -4.34. The Morgan fingerprint density at radius 1 is 0.974 bits per heavy atom. The van der Waals surface area contributed by atoms with Crippen LogP contribution in [0.3, 0.4) is 0 Å². The average molecular weight is 564 g/mol. The van der Waals surface area contributed by atoms with Gasteiger partial charge in [-0.25, -0.2) is 14.6 Å². The van der Waals surface area contributed by atoms with E-state index in [1.807, 2.05) is 25.1 Å². The molecule has 4 aromatic rings. The number of para-hydroxylation sites is 1. The van der Waals surface area contributed by atoms with E-state index in [1.165, 1.54) is 50.9 Å². The molecule has 3 aromatic carbocycles. The lowest BCUT2D eigenvalue weighted by molar-refractivity contribution is -0.129. The minimum absolute atomic E-state index is 0.0472. The number of halogens is 1. The number of carbonyl (C=O) groups is 2. The first-order valence-corrected chi connectivity index (χ1v) is 12.8. The maximum absolute atomic E-state index is 13.1. The molecule has 0 aliphatic carbocycles. The summed E-state index contributed by atoms with van der Waals surface area (Å²) in [6, 6.07) is 15.7. The number of thiophene rings is 1. The van der Waals surface area contributed by atoms with Crippen molar-refractivity contribution in [3.8, 4) is 23.0 Å². The van der Waals surface area contributed by atoms with Gasteiger partial charge in [0, 0.05) is 15.6 Å². The fraction of sp³-hybridized carbons (Fsp3) is 0.138. The van der Waals surface area contributed by atoms with Gasteiger partial charge in [0.05, 0.1) is 31.9 Å². The Morgan fingerprint density at radius 2 is 1.69 bits per heavy atom. The lowest BCUT2D eigenvalue weighted by atomic mass is 10.1. The molecule has 0 bridgehead atoms. The van der Waals surface area contributed by atoms with Gasteiger partial charge >= 0.3 is 11.9 Å². The summed E-state index contributed by atoms with van der Waals surface area (Å²) >= 11 is 7.98. The van der Waals surface area contributed by atoms with Crippen molar-refractivity contribution >= 4 is 56.9 Å². The zero-order chi connectivity index (χ0) is 27.7. The van der Waals surface area contributed by atoms with Crippen molar-refractivity contribution in [2.45, 2.75) is 6.92 Å². The van der Waals surface area contributed by atoms with Gasteiger partial charge in [-0.15, -0.1) is 11.3 Å². The van der Waals surface area contributed by atoms with Crippen molar-refractivity contribution < 1.29 is 33.3 Å². The van der Waals surface area contributed by atoms with Crippen LogP contribution in [0.5, 0.6) is 23.0 Å². The summed E-state index contributed by atoms with van der Waals surface area (Å²) < 4.78 is 28.1. The van der Waals surface area contributed by atoms with Crippen LogP contribution in [0.15, 0.2) is 65.3 Å². The molecule has 39 heavy (non-hydrogen) atoms. The van der Waals surface area contributed by atoms with Crippen LogP contribution in [0.1, 0.15) is 26.4 Å². The zero-order valence-corrected chi connectivity index (χ0v) is 22.9. The normalized spacial score (nSPS) is 13.8. The molecule has 0 saturated carbocycles. The molecule has 10 heteroatoms. The van der Waals surface area contributed by atoms with Gasteiger partial charge in [-0.1, -0.05) is 41.9 Å². The number of esters is 2. The van der Waals surface area contributed by atoms with E-state index in [9.17, 15) is 9.59 Å². The van der Waals surface area contributed by atoms with Crippen molar-refractivity contribution in [3.63, 3.8) is 0 Å². The van der Waals surface area contributed by atoms with Gasteiger partial charge < -0.3 is 23.7 Å².